The zero-order valence-electron chi connectivity index (χ0n) is 76.1. The van der Waals surface area contributed by atoms with Gasteiger partial charge in [-0.25, -0.2) is 0 Å². The molecule has 1 atom stereocenters. The number of fused-ring (bicyclic) bond motifs is 27. The van der Waals surface area contributed by atoms with Crippen LogP contribution in [0.5, 0.6) is 0 Å². The van der Waals surface area contributed by atoms with Crippen molar-refractivity contribution in [2.24, 2.45) is 0 Å². The van der Waals surface area contributed by atoms with Crippen LogP contribution in [0.3, 0.4) is 0 Å². The molecule has 626 valence electrons. The smallest absolute Gasteiger partial charge is 0.143 e. The van der Waals surface area contributed by atoms with Crippen molar-refractivity contribution in [3.8, 4) is 111 Å². The molecule has 2 aromatic heterocycles. The quantitative estimate of drug-likeness (QED) is 0.0331. The number of furan rings is 2. The molecule has 124 heavy (non-hydrogen) atoms. The molecule has 2 aliphatic heterocycles. The Morgan fingerprint density at radius 1 is 0.242 bits per heavy atom. The van der Waals surface area contributed by atoms with Crippen LogP contribution in [0.25, 0.3) is 155 Å². The molecule has 0 fully saturated rings. The Balaban J connectivity index is 0.620. The molecule has 21 rings (SSSR count). The number of unbranched alkanes of at least 4 members (excludes halogenated alkanes) is 18. The monoisotopic (exact) mass is 1650 g/mol. The Morgan fingerprint density at radius 2 is 0.508 bits per heavy atom. The number of para-hydroxylation sites is 2. The second kappa shape index (κ2) is 31.5. The summed E-state index contributed by atoms with van der Waals surface area (Å²) in [5.74, 6) is 0. The zero-order valence-corrected chi connectivity index (χ0v) is 78.1. The Bertz CT molecular complexity index is 6600. The SMILES string of the molecule is CCCCCCCCC1(CCCCCC)c2ccccc2-c2ccc(-c3ccc4c(c3)C(C)(C)c3cc(-c5cc6c(c7oc8ccccc8c57)-c5ccc7c(c5[Si]6(C)C)[Si](C)(C)c5cc(-c6ccc8c(c6)C(C)(C)c6cc(-c9ccc%10c(c9)C(CCCCCCCC)(CCCCCCCC)c9ccccc9-%10)ccc6-8)c6c(oc8ccccc86)c5-7)ccc3-4)cc21. The molecule has 15 aromatic rings. The molecule has 0 saturated carbocycles. The Labute approximate surface area is 740 Å². The minimum absolute atomic E-state index is 0.0298. The molecular formula is C120H126O2Si2. The highest BCUT2D eigenvalue weighted by Gasteiger charge is 2.52. The number of rotatable bonds is 30. The van der Waals surface area contributed by atoms with Crippen LogP contribution in [0.1, 0.15) is 267 Å². The van der Waals surface area contributed by atoms with Crippen LogP contribution in [0.4, 0.5) is 0 Å². The third-order valence-corrected chi connectivity index (χ3v) is 39.4. The second-order valence-corrected chi connectivity index (χ2v) is 49.5. The summed E-state index contributed by atoms with van der Waals surface area (Å²) in [6, 6.07) is 92.2. The summed E-state index contributed by atoms with van der Waals surface area (Å²) in [6.45, 7) is 30.0. The first-order chi connectivity index (χ1) is 60.4. The van der Waals surface area contributed by atoms with E-state index in [1.165, 1.54) is 332 Å². The van der Waals surface area contributed by atoms with Crippen molar-refractivity contribution in [3.05, 3.63) is 275 Å². The standard InChI is InChI=1S/C120H126O2Si2/c1-13-17-21-25-28-40-66-119(65-39-24-20-16-4)97-47-35-31-43-83(97)89-59-53-79(71-103(89)119)77-51-57-85-87-61-55-81(73-101(87)117(5,6)99(85)69-77)95-75-107-111(113-109(95)91-45-33-37-49-105(91)121-113)93-63-64-94-112-108(124(11,12)116(94)115(93)123(107,9)10)76-96(110-92-46-34-38-50-106(92)122-114(110)112)82-56-62-88-86-58-52-78(70-100(86)118(7,8)102(88)74-82)80-54-60-90-84-44-32-36-48-98(84)120(104(90)72-80,67-41-29-26-22-18-14-2)68-42-30-27-23-19-15-3/h31-38,43-64,69-76H,13-30,39-42,65-68H2,1-12H3. The maximum absolute atomic E-state index is 7.45. The van der Waals surface area contributed by atoms with Gasteiger partial charge in [0, 0.05) is 54.3 Å². The maximum Gasteiger partial charge on any atom is 0.143 e. The third kappa shape index (κ3) is 12.6. The van der Waals surface area contributed by atoms with Gasteiger partial charge in [0.25, 0.3) is 0 Å². The normalized spacial score (nSPS) is 16.6. The average Bonchev–Trinajstić information content (AvgIpc) is 1.50. The first-order valence-corrected chi connectivity index (χ1v) is 54.6. The fourth-order valence-corrected chi connectivity index (χ4v) is 34.1. The summed E-state index contributed by atoms with van der Waals surface area (Å²) in [7, 11) is -5.11. The first kappa shape index (κ1) is 81.0. The van der Waals surface area contributed by atoms with Gasteiger partial charge in [0.05, 0.1) is 0 Å². The van der Waals surface area contributed by atoms with E-state index in [9.17, 15) is 0 Å². The minimum Gasteiger partial charge on any atom is -0.455 e. The zero-order chi connectivity index (χ0) is 84.8. The number of benzene rings is 13. The average molecular weight is 1660 g/mol. The molecule has 0 bridgehead atoms. The fourth-order valence-electron chi connectivity index (χ4n) is 25.6. The maximum atomic E-state index is 7.45. The molecular weight excluding hydrogens is 1530 g/mol. The van der Waals surface area contributed by atoms with Crippen LogP contribution in [0.2, 0.25) is 26.2 Å². The van der Waals surface area contributed by atoms with E-state index in [1.807, 2.05) is 0 Å². The van der Waals surface area contributed by atoms with E-state index in [0.29, 0.717) is 0 Å². The lowest BCUT2D eigenvalue weighted by molar-refractivity contribution is 0.398. The van der Waals surface area contributed by atoms with Crippen LogP contribution in [-0.4, -0.2) is 16.1 Å². The Hall–Kier alpha value is -10.1. The summed E-state index contributed by atoms with van der Waals surface area (Å²) in [5, 5.41) is 10.9. The molecule has 4 aliphatic carbocycles. The summed E-state index contributed by atoms with van der Waals surface area (Å²) in [5.41, 5.74) is 42.4. The molecule has 0 N–H and O–H groups in total. The van der Waals surface area contributed by atoms with Gasteiger partial charge in [-0.1, -0.05) is 405 Å². The number of hydrogen-bond acceptors (Lipinski definition) is 2. The van der Waals surface area contributed by atoms with Crippen LogP contribution in [0, 0.1) is 0 Å². The summed E-state index contributed by atoms with van der Waals surface area (Å²) in [6.07, 6.45) is 33.8. The van der Waals surface area contributed by atoms with E-state index < -0.39 is 16.1 Å². The van der Waals surface area contributed by atoms with Crippen molar-refractivity contribution < 1.29 is 8.83 Å². The topological polar surface area (TPSA) is 26.3 Å². The molecule has 0 amide bonds. The van der Waals surface area contributed by atoms with Gasteiger partial charge in [0.15, 0.2) is 0 Å². The van der Waals surface area contributed by atoms with Crippen LogP contribution >= 0.6 is 0 Å². The van der Waals surface area contributed by atoms with E-state index in [-0.39, 0.29) is 21.7 Å². The molecule has 0 saturated heterocycles. The molecule has 4 heterocycles. The predicted octanol–water partition coefficient (Wildman–Crippen LogP) is 33.1. The van der Waals surface area contributed by atoms with Crippen molar-refractivity contribution in [3.63, 3.8) is 0 Å². The first-order valence-electron chi connectivity index (χ1n) is 48.6. The summed E-state index contributed by atoms with van der Waals surface area (Å²) < 4.78 is 14.9. The van der Waals surface area contributed by atoms with E-state index >= 15 is 0 Å². The van der Waals surface area contributed by atoms with Crippen molar-refractivity contribution in [1.29, 1.82) is 0 Å². The van der Waals surface area contributed by atoms with E-state index in [4.69, 9.17) is 8.83 Å². The second-order valence-electron chi connectivity index (χ2n) is 40.9. The van der Waals surface area contributed by atoms with Gasteiger partial charge in [-0.2, -0.15) is 0 Å². The Kier molecular flexibility index (Phi) is 20.6. The molecule has 2 nitrogen and oxygen atoms in total. The lowest BCUT2D eigenvalue weighted by atomic mass is 9.70. The van der Waals surface area contributed by atoms with Gasteiger partial charge < -0.3 is 8.83 Å². The van der Waals surface area contributed by atoms with Crippen LogP contribution in [-0.2, 0) is 21.7 Å². The van der Waals surface area contributed by atoms with Gasteiger partial charge in [0.2, 0.25) is 0 Å². The van der Waals surface area contributed by atoms with Gasteiger partial charge in [-0.05, 0) is 240 Å². The number of hydrogen-bond donors (Lipinski definition) is 0. The third-order valence-electron chi connectivity index (χ3n) is 32.1. The molecule has 13 aromatic carbocycles. The molecule has 1 unspecified atom stereocenters. The molecule has 4 heteroatoms. The van der Waals surface area contributed by atoms with E-state index in [2.05, 4.69) is 312 Å². The van der Waals surface area contributed by atoms with Gasteiger partial charge >= 0.3 is 0 Å². The van der Waals surface area contributed by atoms with Crippen molar-refractivity contribution >= 4 is 80.8 Å². The van der Waals surface area contributed by atoms with E-state index in [0.717, 1.165) is 22.3 Å². The van der Waals surface area contributed by atoms with Crippen molar-refractivity contribution in [2.75, 3.05) is 0 Å². The highest BCUT2D eigenvalue weighted by molar-refractivity contribution is 7.13. The predicted molar refractivity (Wildman–Crippen MR) is 537 cm³/mol. The molecule has 6 aliphatic rings. The Morgan fingerprint density at radius 3 is 0.863 bits per heavy atom. The van der Waals surface area contributed by atoms with Crippen molar-refractivity contribution in [1.82, 2.24) is 0 Å². The molecule has 0 radical (unpaired) electrons. The molecule has 0 spiro atoms. The van der Waals surface area contributed by atoms with Gasteiger partial charge in [-0.3, -0.25) is 0 Å². The largest absolute Gasteiger partial charge is 0.455 e. The minimum atomic E-state index is -2.56. The van der Waals surface area contributed by atoms with Crippen molar-refractivity contribution in [2.45, 2.75) is 270 Å². The summed E-state index contributed by atoms with van der Waals surface area (Å²) in [4.78, 5) is 0. The van der Waals surface area contributed by atoms with Gasteiger partial charge in [0.1, 0.15) is 38.5 Å². The highest BCUT2D eigenvalue weighted by atomic mass is 28.3. The van der Waals surface area contributed by atoms with E-state index in [1.54, 1.807) is 32.6 Å². The van der Waals surface area contributed by atoms with Crippen LogP contribution < -0.4 is 20.7 Å². The lowest BCUT2D eigenvalue weighted by Crippen LogP contribution is -2.63. The van der Waals surface area contributed by atoms with Crippen LogP contribution in [0.15, 0.2) is 239 Å². The highest BCUT2D eigenvalue weighted by Crippen LogP contribution is 2.60. The van der Waals surface area contributed by atoms with Gasteiger partial charge in [-0.15, -0.1) is 0 Å². The lowest BCUT2D eigenvalue weighted by Gasteiger charge is -2.33. The fraction of sp³-hybridized carbons (Fsp3) is 0.350. The summed E-state index contributed by atoms with van der Waals surface area (Å²) >= 11 is 0.